The van der Waals surface area contributed by atoms with E-state index >= 15 is 0 Å². The Balaban J connectivity index is 2.66. The third kappa shape index (κ3) is 3.37. The maximum Gasteiger partial charge on any atom is 0.0792 e. The van der Waals surface area contributed by atoms with Crippen molar-refractivity contribution in [2.24, 2.45) is 5.92 Å². The van der Waals surface area contributed by atoms with Crippen LogP contribution in [0.15, 0.2) is 24.3 Å². The summed E-state index contributed by atoms with van der Waals surface area (Å²) in [5, 5.41) is 10.4. The Bertz CT molecular complexity index is 253. The second kappa shape index (κ2) is 4.64. The highest BCUT2D eigenvalue weighted by Gasteiger charge is 2.08. The molecule has 0 bridgehead atoms. The van der Waals surface area contributed by atoms with E-state index < -0.39 is 0 Å². The molecule has 1 nitrogen and oxygen atoms in total. The smallest absolute Gasteiger partial charge is 0.0792 e. The fourth-order valence-electron chi connectivity index (χ4n) is 1.27. The predicted octanol–water partition coefficient (Wildman–Crippen LogP) is 3.42. The summed E-state index contributed by atoms with van der Waals surface area (Å²) in [5.41, 5.74) is 0.943. The van der Waals surface area contributed by atoms with Gasteiger partial charge in [-0.3, -0.25) is 0 Å². The van der Waals surface area contributed by atoms with Gasteiger partial charge in [0.2, 0.25) is 0 Å². The first-order valence-corrected chi connectivity index (χ1v) is 4.91. The average molecular weight is 199 g/mol. The van der Waals surface area contributed by atoms with Gasteiger partial charge in [0.1, 0.15) is 0 Å². The predicted molar refractivity (Wildman–Crippen MR) is 55.9 cm³/mol. The summed E-state index contributed by atoms with van der Waals surface area (Å²) in [6, 6.07) is 7.35. The normalized spacial score (nSPS) is 13.3. The van der Waals surface area contributed by atoms with Gasteiger partial charge in [0.05, 0.1) is 6.10 Å². The highest BCUT2D eigenvalue weighted by Crippen LogP contribution is 2.22. The summed E-state index contributed by atoms with van der Waals surface area (Å²) in [4.78, 5) is 0. The summed E-state index contributed by atoms with van der Waals surface area (Å²) in [7, 11) is 0. The van der Waals surface area contributed by atoms with Gasteiger partial charge in [-0.1, -0.05) is 37.6 Å². The van der Waals surface area contributed by atoms with Gasteiger partial charge in [-0.15, -0.1) is 0 Å². The van der Waals surface area contributed by atoms with Gasteiger partial charge in [0, 0.05) is 5.02 Å². The summed E-state index contributed by atoms with van der Waals surface area (Å²) in [6.45, 7) is 4.19. The SMILES string of the molecule is CC(C)C[C@H](O)c1ccc(Cl)cc1. The molecule has 1 aromatic rings. The van der Waals surface area contributed by atoms with Crippen molar-refractivity contribution in [2.75, 3.05) is 0 Å². The van der Waals surface area contributed by atoms with E-state index in [1.54, 1.807) is 12.1 Å². The van der Waals surface area contributed by atoms with E-state index in [4.69, 9.17) is 11.6 Å². The van der Waals surface area contributed by atoms with Crippen LogP contribution < -0.4 is 0 Å². The molecule has 0 aliphatic carbocycles. The zero-order valence-electron chi connectivity index (χ0n) is 8.00. The first-order chi connectivity index (χ1) is 6.09. The van der Waals surface area contributed by atoms with Crippen molar-refractivity contribution in [1.29, 1.82) is 0 Å². The molecule has 1 aromatic carbocycles. The Morgan fingerprint density at radius 1 is 1.23 bits per heavy atom. The zero-order valence-corrected chi connectivity index (χ0v) is 8.75. The molecule has 0 saturated carbocycles. The van der Waals surface area contributed by atoms with Crippen LogP contribution in [-0.2, 0) is 0 Å². The molecule has 0 spiro atoms. The summed E-state index contributed by atoms with van der Waals surface area (Å²) >= 11 is 5.74. The lowest BCUT2D eigenvalue weighted by Gasteiger charge is -2.12. The third-order valence-electron chi connectivity index (χ3n) is 1.95. The largest absolute Gasteiger partial charge is 0.388 e. The van der Waals surface area contributed by atoms with Crippen molar-refractivity contribution in [1.82, 2.24) is 0 Å². The van der Waals surface area contributed by atoms with Gasteiger partial charge in [-0.05, 0) is 30.0 Å². The van der Waals surface area contributed by atoms with Crippen molar-refractivity contribution in [3.05, 3.63) is 34.9 Å². The van der Waals surface area contributed by atoms with Crippen LogP contribution in [0, 0.1) is 5.92 Å². The van der Waals surface area contributed by atoms with Crippen molar-refractivity contribution in [2.45, 2.75) is 26.4 Å². The molecule has 0 aromatic heterocycles. The Kier molecular flexibility index (Phi) is 3.76. The molecular weight excluding hydrogens is 184 g/mol. The number of aliphatic hydroxyl groups excluding tert-OH is 1. The monoisotopic (exact) mass is 198 g/mol. The topological polar surface area (TPSA) is 20.2 Å². The minimum absolute atomic E-state index is 0.364. The van der Waals surface area contributed by atoms with E-state index in [-0.39, 0.29) is 6.10 Å². The van der Waals surface area contributed by atoms with Crippen molar-refractivity contribution in [3.8, 4) is 0 Å². The van der Waals surface area contributed by atoms with Crippen LogP contribution in [0.3, 0.4) is 0 Å². The molecule has 2 heteroatoms. The van der Waals surface area contributed by atoms with Gasteiger partial charge in [-0.25, -0.2) is 0 Å². The fraction of sp³-hybridized carbons (Fsp3) is 0.455. The Hall–Kier alpha value is -0.530. The fourth-order valence-corrected chi connectivity index (χ4v) is 1.39. The molecule has 72 valence electrons. The molecule has 13 heavy (non-hydrogen) atoms. The molecular formula is C11H15ClO. The summed E-state index contributed by atoms with van der Waals surface area (Å²) in [6.07, 6.45) is 0.430. The number of hydrogen-bond acceptors (Lipinski definition) is 1. The van der Waals surface area contributed by atoms with E-state index in [1.807, 2.05) is 12.1 Å². The first kappa shape index (κ1) is 10.6. The molecule has 0 aliphatic heterocycles. The van der Waals surface area contributed by atoms with Gasteiger partial charge in [0.15, 0.2) is 0 Å². The second-order valence-electron chi connectivity index (χ2n) is 3.70. The Labute approximate surface area is 84.4 Å². The van der Waals surface area contributed by atoms with Crippen LogP contribution in [0.5, 0.6) is 0 Å². The van der Waals surface area contributed by atoms with Crippen molar-refractivity contribution in [3.63, 3.8) is 0 Å². The van der Waals surface area contributed by atoms with Crippen LogP contribution in [-0.4, -0.2) is 5.11 Å². The maximum absolute atomic E-state index is 9.74. The average Bonchev–Trinajstić information content (AvgIpc) is 2.04. The van der Waals surface area contributed by atoms with Crippen LogP contribution >= 0.6 is 11.6 Å². The molecule has 0 heterocycles. The summed E-state index contributed by atoms with van der Waals surface area (Å²) in [5.74, 6) is 0.505. The highest BCUT2D eigenvalue weighted by molar-refractivity contribution is 6.30. The third-order valence-corrected chi connectivity index (χ3v) is 2.20. The van der Waals surface area contributed by atoms with Crippen LogP contribution in [0.1, 0.15) is 31.9 Å². The minimum Gasteiger partial charge on any atom is -0.388 e. The van der Waals surface area contributed by atoms with Gasteiger partial charge in [0.25, 0.3) is 0 Å². The molecule has 1 N–H and O–H groups in total. The van der Waals surface area contributed by atoms with Gasteiger partial charge < -0.3 is 5.11 Å². The second-order valence-corrected chi connectivity index (χ2v) is 4.13. The summed E-state index contributed by atoms with van der Waals surface area (Å²) < 4.78 is 0. The van der Waals surface area contributed by atoms with E-state index in [9.17, 15) is 5.11 Å². The molecule has 0 amide bonds. The molecule has 1 atom stereocenters. The Morgan fingerprint density at radius 3 is 2.23 bits per heavy atom. The first-order valence-electron chi connectivity index (χ1n) is 4.53. The maximum atomic E-state index is 9.74. The molecule has 0 radical (unpaired) electrons. The van der Waals surface area contributed by atoms with Crippen molar-refractivity contribution < 1.29 is 5.11 Å². The number of halogens is 1. The molecule has 0 unspecified atom stereocenters. The highest BCUT2D eigenvalue weighted by atomic mass is 35.5. The molecule has 1 rings (SSSR count). The molecule has 0 aliphatic rings. The number of aliphatic hydroxyl groups is 1. The zero-order chi connectivity index (χ0) is 9.84. The lowest BCUT2D eigenvalue weighted by Crippen LogP contribution is -2.01. The van der Waals surface area contributed by atoms with E-state index in [2.05, 4.69) is 13.8 Å². The molecule has 0 saturated heterocycles. The van der Waals surface area contributed by atoms with Gasteiger partial charge in [-0.2, -0.15) is 0 Å². The van der Waals surface area contributed by atoms with Crippen molar-refractivity contribution >= 4 is 11.6 Å². The number of rotatable bonds is 3. The van der Waals surface area contributed by atoms with E-state index in [0.29, 0.717) is 10.9 Å². The number of benzene rings is 1. The quantitative estimate of drug-likeness (QED) is 0.789. The van der Waals surface area contributed by atoms with Gasteiger partial charge >= 0.3 is 0 Å². The molecule has 0 fully saturated rings. The van der Waals surface area contributed by atoms with Crippen LogP contribution in [0.25, 0.3) is 0 Å². The van der Waals surface area contributed by atoms with Crippen LogP contribution in [0.4, 0.5) is 0 Å². The van der Waals surface area contributed by atoms with E-state index in [1.165, 1.54) is 0 Å². The lowest BCUT2D eigenvalue weighted by atomic mass is 10.00. The standard InChI is InChI=1S/C11H15ClO/c1-8(2)7-11(13)9-3-5-10(12)6-4-9/h3-6,8,11,13H,7H2,1-2H3/t11-/m0/s1. The van der Waals surface area contributed by atoms with E-state index in [0.717, 1.165) is 12.0 Å². The lowest BCUT2D eigenvalue weighted by molar-refractivity contribution is 0.151. The van der Waals surface area contributed by atoms with Crippen LogP contribution in [0.2, 0.25) is 5.02 Å². The minimum atomic E-state index is -0.364. The number of hydrogen-bond donors (Lipinski definition) is 1. The Morgan fingerprint density at radius 2 is 1.77 bits per heavy atom.